The van der Waals surface area contributed by atoms with Crippen molar-refractivity contribution >= 4 is 0 Å². The van der Waals surface area contributed by atoms with Gasteiger partial charge in [0.25, 0.3) is 0 Å². The number of methoxy groups -OCH3 is 1. The molecule has 112 valence electrons. The van der Waals surface area contributed by atoms with E-state index in [-0.39, 0.29) is 0 Å². The second-order valence-electron chi connectivity index (χ2n) is 5.67. The first-order chi connectivity index (χ1) is 10.2. The van der Waals surface area contributed by atoms with Gasteiger partial charge in [0.15, 0.2) is 0 Å². The summed E-state index contributed by atoms with van der Waals surface area (Å²) in [5.74, 6) is 0.908. The van der Waals surface area contributed by atoms with Gasteiger partial charge in [-0.15, -0.1) is 0 Å². The molecular weight excluding hydrogens is 258 g/mol. The van der Waals surface area contributed by atoms with Crippen LogP contribution >= 0.6 is 0 Å². The number of hydrogen-bond acceptors (Lipinski definition) is 2. The molecule has 2 aromatic rings. The van der Waals surface area contributed by atoms with Crippen molar-refractivity contribution in [2.75, 3.05) is 7.11 Å². The van der Waals surface area contributed by atoms with Gasteiger partial charge in [-0.3, -0.25) is 0 Å². The van der Waals surface area contributed by atoms with Gasteiger partial charge in [0.05, 0.1) is 7.11 Å². The van der Waals surface area contributed by atoms with E-state index in [9.17, 15) is 0 Å². The molecule has 2 rings (SSSR count). The molecule has 2 heteroatoms. The van der Waals surface area contributed by atoms with Gasteiger partial charge in [-0.1, -0.05) is 56.3 Å². The molecule has 0 saturated heterocycles. The molecule has 0 spiro atoms. The number of hydrogen-bond donors (Lipinski definition) is 1. The third-order valence-corrected chi connectivity index (χ3v) is 3.62. The van der Waals surface area contributed by atoms with Crippen molar-refractivity contribution in [3.8, 4) is 5.75 Å². The Hall–Kier alpha value is -1.80. The predicted octanol–water partition coefficient (Wildman–Crippen LogP) is 4.37. The van der Waals surface area contributed by atoms with Crippen LogP contribution in [0.5, 0.6) is 5.75 Å². The second-order valence-corrected chi connectivity index (χ2v) is 5.67. The van der Waals surface area contributed by atoms with Crippen molar-refractivity contribution < 1.29 is 4.74 Å². The highest BCUT2D eigenvalue weighted by Gasteiger charge is 2.12. The lowest BCUT2D eigenvalue weighted by atomic mass is 9.98. The molecule has 2 nitrogen and oxygen atoms in total. The summed E-state index contributed by atoms with van der Waals surface area (Å²) in [7, 11) is 1.70. The summed E-state index contributed by atoms with van der Waals surface area (Å²) in [5.41, 5.74) is 2.71. The van der Waals surface area contributed by atoms with Crippen molar-refractivity contribution in [1.82, 2.24) is 5.32 Å². The Balaban J connectivity index is 2.06. The van der Waals surface area contributed by atoms with Gasteiger partial charge < -0.3 is 10.1 Å². The fourth-order valence-corrected chi connectivity index (χ4v) is 2.54. The van der Waals surface area contributed by atoms with Gasteiger partial charge in [0.1, 0.15) is 5.75 Å². The molecule has 1 unspecified atom stereocenters. The zero-order valence-corrected chi connectivity index (χ0v) is 13.2. The minimum absolute atomic E-state index is 0.371. The molecule has 0 radical (unpaired) electrons. The number of ether oxygens (including phenoxy) is 1. The standard InChI is InChI=1S/C19H25NO/c1-15(2)20-19(14-9-16-7-5-4-6-8-16)17-10-12-18(21-3)13-11-17/h4-8,10-13,15,19-20H,9,14H2,1-3H3. The van der Waals surface area contributed by atoms with Crippen LogP contribution in [0.15, 0.2) is 54.6 Å². The largest absolute Gasteiger partial charge is 0.497 e. The van der Waals surface area contributed by atoms with E-state index < -0.39 is 0 Å². The summed E-state index contributed by atoms with van der Waals surface area (Å²) < 4.78 is 5.24. The lowest BCUT2D eigenvalue weighted by molar-refractivity contribution is 0.413. The Morgan fingerprint density at radius 1 is 0.952 bits per heavy atom. The molecule has 2 aromatic carbocycles. The molecule has 0 aromatic heterocycles. The smallest absolute Gasteiger partial charge is 0.118 e. The zero-order valence-electron chi connectivity index (χ0n) is 13.2. The SMILES string of the molecule is COc1ccc(C(CCc2ccccc2)NC(C)C)cc1. The van der Waals surface area contributed by atoms with Crippen molar-refractivity contribution in [3.63, 3.8) is 0 Å². The fourth-order valence-electron chi connectivity index (χ4n) is 2.54. The molecule has 1 N–H and O–H groups in total. The minimum Gasteiger partial charge on any atom is -0.497 e. The van der Waals surface area contributed by atoms with Crippen LogP contribution in [0.2, 0.25) is 0 Å². The Labute approximate surface area is 128 Å². The normalized spacial score (nSPS) is 12.4. The van der Waals surface area contributed by atoms with Crippen LogP contribution in [0, 0.1) is 0 Å². The molecular formula is C19H25NO. The van der Waals surface area contributed by atoms with E-state index in [1.54, 1.807) is 7.11 Å². The van der Waals surface area contributed by atoms with E-state index in [0.717, 1.165) is 18.6 Å². The van der Waals surface area contributed by atoms with Crippen molar-refractivity contribution in [3.05, 3.63) is 65.7 Å². The summed E-state index contributed by atoms with van der Waals surface area (Å²) in [5, 5.41) is 3.66. The third kappa shape index (κ3) is 4.91. The van der Waals surface area contributed by atoms with E-state index in [4.69, 9.17) is 4.74 Å². The highest BCUT2D eigenvalue weighted by Crippen LogP contribution is 2.22. The molecule has 0 aliphatic carbocycles. The molecule has 1 atom stereocenters. The zero-order chi connectivity index (χ0) is 15.1. The predicted molar refractivity (Wildman–Crippen MR) is 88.8 cm³/mol. The van der Waals surface area contributed by atoms with E-state index in [0.29, 0.717) is 12.1 Å². The van der Waals surface area contributed by atoms with Crippen LogP contribution in [-0.2, 0) is 6.42 Å². The Bertz CT molecular complexity index is 519. The van der Waals surface area contributed by atoms with E-state index in [1.165, 1.54) is 11.1 Å². The highest BCUT2D eigenvalue weighted by atomic mass is 16.5. The van der Waals surface area contributed by atoms with Crippen LogP contribution < -0.4 is 10.1 Å². The molecule has 21 heavy (non-hydrogen) atoms. The molecule has 0 fully saturated rings. The lowest BCUT2D eigenvalue weighted by Crippen LogP contribution is -2.28. The molecule has 0 heterocycles. The quantitative estimate of drug-likeness (QED) is 0.815. The first kappa shape index (κ1) is 15.6. The van der Waals surface area contributed by atoms with Crippen molar-refractivity contribution in [2.45, 2.75) is 38.8 Å². The molecule has 0 aliphatic rings. The summed E-state index contributed by atoms with van der Waals surface area (Å²) in [6.07, 6.45) is 2.17. The number of aryl methyl sites for hydroxylation is 1. The second kappa shape index (κ2) is 7.84. The van der Waals surface area contributed by atoms with E-state index >= 15 is 0 Å². The average Bonchev–Trinajstić information content (AvgIpc) is 2.52. The first-order valence-corrected chi connectivity index (χ1v) is 7.63. The van der Waals surface area contributed by atoms with Crippen LogP contribution in [0.3, 0.4) is 0 Å². The fraction of sp³-hybridized carbons (Fsp3) is 0.368. The molecule has 0 aliphatic heterocycles. The van der Waals surface area contributed by atoms with Gasteiger partial charge in [0.2, 0.25) is 0 Å². The Kier molecular flexibility index (Phi) is 5.82. The number of rotatable bonds is 7. The van der Waals surface area contributed by atoms with Crippen LogP contribution in [-0.4, -0.2) is 13.2 Å². The van der Waals surface area contributed by atoms with Gasteiger partial charge in [-0.2, -0.15) is 0 Å². The maximum Gasteiger partial charge on any atom is 0.118 e. The average molecular weight is 283 g/mol. The molecule has 0 bridgehead atoms. The van der Waals surface area contributed by atoms with Crippen LogP contribution in [0.1, 0.15) is 37.4 Å². The van der Waals surface area contributed by atoms with Crippen molar-refractivity contribution in [2.24, 2.45) is 0 Å². The summed E-state index contributed by atoms with van der Waals surface area (Å²) in [6.45, 7) is 4.39. The van der Waals surface area contributed by atoms with E-state index in [2.05, 4.69) is 61.6 Å². The maximum atomic E-state index is 5.24. The Morgan fingerprint density at radius 2 is 1.62 bits per heavy atom. The lowest BCUT2D eigenvalue weighted by Gasteiger charge is -2.22. The van der Waals surface area contributed by atoms with Gasteiger partial charge in [0, 0.05) is 12.1 Å². The summed E-state index contributed by atoms with van der Waals surface area (Å²) in [4.78, 5) is 0. The van der Waals surface area contributed by atoms with Crippen molar-refractivity contribution in [1.29, 1.82) is 0 Å². The minimum atomic E-state index is 0.371. The molecule has 0 saturated carbocycles. The number of nitrogens with one attached hydrogen (secondary N) is 1. The molecule has 0 amide bonds. The monoisotopic (exact) mass is 283 g/mol. The first-order valence-electron chi connectivity index (χ1n) is 7.63. The topological polar surface area (TPSA) is 21.3 Å². The van der Waals surface area contributed by atoms with Gasteiger partial charge in [-0.25, -0.2) is 0 Å². The Morgan fingerprint density at radius 3 is 2.19 bits per heavy atom. The van der Waals surface area contributed by atoms with Crippen LogP contribution in [0.25, 0.3) is 0 Å². The van der Waals surface area contributed by atoms with Gasteiger partial charge in [-0.05, 0) is 36.1 Å². The van der Waals surface area contributed by atoms with E-state index in [1.807, 2.05) is 12.1 Å². The summed E-state index contributed by atoms with van der Waals surface area (Å²) >= 11 is 0. The maximum absolute atomic E-state index is 5.24. The van der Waals surface area contributed by atoms with Crippen LogP contribution in [0.4, 0.5) is 0 Å². The van der Waals surface area contributed by atoms with Gasteiger partial charge >= 0.3 is 0 Å². The highest BCUT2D eigenvalue weighted by molar-refractivity contribution is 5.29. The number of benzene rings is 2. The summed E-state index contributed by atoms with van der Waals surface area (Å²) in [6, 6.07) is 19.9. The third-order valence-electron chi connectivity index (χ3n) is 3.62.